The van der Waals surface area contributed by atoms with Gasteiger partial charge in [0.25, 0.3) is 0 Å². The van der Waals surface area contributed by atoms with Crippen LogP contribution < -0.4 is 10.6 Å². The van der Waals surface area contributed by atoms with Crippen LogP contribution >= 0.6 is 11.6 Å². The first-order valence-electron chi connectivity index (χ1n) is 9.48. The number of nitrogens with one attached hydrogen (secondary N) is 2. The third-order valence-electron chi connectivity index (χ3n) is 4.65. The zero-order chi connectivity index (χ0) is 21.0. The SMILES string of the molecule is CC(C)OC(=O)C[C@H](NC(=O)[C@H]1CC(=O)Nc2ccccc21)c1ccccc1Cl. The monoisotopic (exact) mass is 414 g/mol. The Hall–Kier alpha value is -2.86. The van der Waals surface area contributed by atoms with Crippen molar-refractivity contribution in [3.8, 4) is 0 Å². The van der Waals surface area contributed by atoms with E-state index in [9.17, 15) is 14.4 Å². The molecule has 1 aliphatic heterocycles. The molecule has 2 N–H and O–H groups in total. The predicted octanol–water partition coefficient (Wildman–Crippen LogP) is 3.97. The third kappa shape index (κ3) is 5.15. The van der Waals surface area contributed by atoms with Crippen molar-refractivity contribution in [2.75, 3.05) is 5.32 Å². The number of para-hydroxylation sites is 1. The molecular formula is C22H23ClN2O4. The molecule has 0 bridgehead atoms. The highest BCUT2D eigenvalue weighted by Gasteiger charge is 2.32. The number of carbonyl (C=O) groups is 3. The van der Waals surface area contributed by atoms with Gasteiger partial charge in [0.15, 0.2) is 0 Å². The van der Waals surface area contributed by atoms with Crippen LogP contribution in [0.3, 0.4) is 0 Å². The van der Waals surface area contributed by atoms with Crippen LogP contribution in [0, 0.1) is 0 Å². The van der Waals surface area contributed by atoms with E-state index in [1.54, 1.807) is 50.2 Å². The zero-order valence-electron chi connectivity index (χ0n) is 16.3. The molecule has 152 valence electrons. The quantitative estimate of drug-likeness (QED) is 0.700. The van der Waals surface area contributed by atoms with Crippen molar-refractivity contribution in [2.24, 2.45) is 0 Å². The highest BCUT2D eigenvalue weighted by Crippen LogP contribution is 2.33. The number of rotatable bonds is 6. The van der Waals surface area contributed by atoms with Crippen molar-refractivity contribution >= 4 is 35.1 Å². The van der Waals surface area contributed by atoms with Crippen LogP contribution in [0.2, 0.25) is 5.02 Å². The van der Waals surface area contributed by atoms with Gasteiger partial charge < -0.3 is 15.4 Å². The van der Waals surface area contributed by atoms with Gasteiger partial charge in [-0.1, -0.05) is 48.0 Å². The molecule has 0 radical (unpaired) electrons. The smallest absolute Gasteiger partial charge is 0.308 e. The van der Waals surface area contributed by atoms with E-state index in [1.165, 1.54) is 0 Å². The van der Waals surface area contributed by atoms with Crippen LogP contribution in [0.15, 0.2) is 48.5 Å². The number of anilines is 1. The number of hydrogen-bond donors (Lipinski definition) is 2. The fourth-order valence-corrected chi connectivity index (χ4v) is 3.66. The number of carbonyl (C=O) groups excluding carboxylic acids is 3. The minimum atomic E-state index is -0.667. The molecule has 2 atom stereocenters. The molecule has 0 saturated carbocycles. The first-order valence-corrected chi connectivity index (χ1v) is 9.86. The summed E-state index contributed by atoms with van der Waals surface area (Å²) in [5.74, 6) is -1.65. The van der Waals surface area contributed by atoms with Gasteiger partial charge in [-0.2, -0.15) is 0 Å². The molecule has 0 unspecified atom stereocenters. The van der Waals surface area contributed by atoms with Gasteiger partial charge in [-0.15, -0.1) is 0 Å². The lowest BCUT2D eigenvalue weighted by molar-refractivity contribution is -0.148. The first kappa shape index (κ1) is 20.9. The summed E-state index contributed by atoms with van der Waals surface area (Å²) in [6, 6.07) is 13.6. The van der Waals surface area contributed by atoms with Crippen molar-refractivity contribution in [1.29, 1.82) is 0 Å². The van der Waals surface area contributed by atoms with Crippen LogP contribution in [-0.2, 0) is 19.1 Å². The molecule has 1 heterocycles. The number of amides is 2. The molecule has 2 aromatic carbocycles. The third-order valence-corrected chi connectivity index (χ3v) is 5.00. The lowest BCUT2D eigenvalue weighted by Gasteiger charge is -2.27. The summed E-state index contributed by atoms with van der Waals surface area (Å²) in [6.07, 6.45) is -0.290. The minimum absolute atomic E-state index is 0.0362. The summed E-state index contributed by atoms with van der Waals surface area (Å²) in [5.41, 5.74) is 1.99. The molecule has 29 heavy (non-hydrogen) atoms. The van der Waals surface area contributed by atoms with Crippen LogP contribution in [-0.4, -0.2) is 23.9 Å². The van der Waals surface area contributed by atoms with E-state index < -0.39 is 17.9 Å². The Morgan fingerprint density at radius 2 is 1.86 bits per heavy atom. The summed E-state index contributed by atoms with van der Waals surface area (Å²) < 4.78 is 5.24. The van der Waals surface area contributed by atoms with Crippen molar-refractivity contribution in [1.82, 2.24) is 5.32 Å². The Bertz CT molecular complexity index is 929. The van der Waals surface area contributed by atoms with Gasteiger partial charge in [0.1, 0.15) is 0 Å². The molecule has 6 nitrogen and oxygen atoms in total. The van der Waals surface area contributed by atoms with E-state index in [1.807, 2.05) is 12.1 Å². The second-order valence-electron chi connectivity index (χ2n) is 7.22. The molecule has 0 aromatic heterocycles. The summed E-state index contributed by atoms with van der Waals surface area (Å²) in [7, 11) is 0. The molecular weight excluding hydrogens is 392 g/mol. The maximum atomic E-state index is 13.1. The molecule has 7 heteroatoms. The topological polar surface area (TPSA) is 84.5 Å². The first-order chi connectivity index (χ1) is 13.8. The van der Waals surface area contributed by atoms with E-state index in [2.05, 4.69) is 10.6 Å². The second-order valence-corrected chi connectivity index (χ2v) is 7.62. The highest BCUT2D eigenvalue weighted by molar-refractivity contribution is 6.31. The molecule has 1 aliphatic rings. The Morgan fingerprint density at radius 1 is 1.17 bits per heavy atom. The highest BCUT2D eigenvalue weighted by atomic mass is 35.5. The van der Waals surface area contributed by atoms with Crippen molar-refractivity contribution in [3.63, 3.8) is 0 Å². The molecule has 2 aromatic rings. The summed E-state index contributed by atoms with van der Waals surface area (Å²) in [4.78, 5) is 37.5. The van der Waals surface area contributed by atoms with Gasteiger partial charge in [-0.05, 0) is 37.1 Å². The standard InChI is InChI=1S/C22H23ClN2O4/c1-13(2)29-21(27)12-19(15-8-3-5-9-17(15)23)25-22(28)16-11-20(26)24-18-10-6-4-7-14(16)18/h3-10,13,16,19H,11-12H2,1-2H3,(H,24,26)(H,25,28)/t16-,19-/m0/s1. The van der Waals surface area contributed by atoms with E-state index in [-0.39, 0.29) is 30.8 Å². The summed E-state index contributed by atoms with van der Waals surface area (Å²) >= 11 is 6.31. The molecule has 0 aliphatic carbocycles. The Kier molecular flexibility index (Phi) is 6.54. The largest absolute Gasteiger partial charge is 0.463 e. The van der Waals surface area contributed by atoms with Gasteiger partial charge >= 0.3 is 5.97 Å². The van der Waals surface area contributed by atoms with Gasteiger partial charge in [0.05, 0.1) is 24.5 Å². The van der Waals surface area contributed by atoms with Gasteiger partial charge in [0, 0.05) is 17.1 Å². The number of esters is 1. The fraction of sp³-hybridized carbons (Fsp3) is 0.318. The molecule has 0 saturated heterocycles. The van der Waals surface area contributed by atoms with Gasteiger partial charge in [-0.3, -0.25) is 14.4 Å². The molecule has 3 rings (SSSR count). The van der Waals surface area contributed by atoms with Crippen LogP contribution in [0.1, 0.15) is 49.8 Å². The van der Waals surface area contributed by atoms with Crippen LogP contribution in [0.4, 0.5) is 5.69 Å². The zero-order valence-corrected chi connectivity index (χ0v) is 17.0. The average Bonchev–Trinajstić information content (AvgIpc) is 2.66. The Labute approximate surface area is 174 Å². The average molecular weight is 415 g/mol. The van der Waals surface area contributed by atoms with Crippen LogP contribution in [0.5, 0.6) is 0 Å². The normalized spacial score (nSPS) is 16.6. The number of fused-ring (bicyclic) bond motifs is 1. The van der Waals surface area contributed by atoms with Crippen molar-refractivity contribution < 1.29 is 19.1 Å². The molecule has 0 fully saturated rings. The van der Waals surface area contributed by atoms with Crippen LogP contribution in [0.25, 0.3) is 0 Å². The maximum absolute atomic E-state index is 13.1. The lowest BCUT2D eigenvalue weighted by atomic mass is 9.89. The predicted molar refractivity (Wildman–Crippen MR) is 111 cm³/mol. The van der Waals surface area contributed by atoms with Crippen molar-refractivity contribution in [3.05, 3.63) is 64.7 Å². The summed E-state index contributed by atoms with van der Waals surface area (Å²) in [5, 5.41) is 6.13. The minimum Gasteiger partial charge on any atom is -0.463 e. The Balaban J connectivity index is 1.86. The lowest BCUT2D eigenvalue weighted by Crippen LogP contribution is -2.38. The maximum Gasteiger partial charge on any atom is 0.308 e. The van der Waals surface area contributed by atoms with Crippen molar-refractivity contribution in [2.45, 2.75) is 44.8 Å². The van der Waals surface area contributed by atoms with Gasteiger partial charge in [0.2, 0.25) is 11.8 Å². The second kappa shape index (κ2) is 9.09. The van der Waals surface area contributed by atoms with E-state index in [0.717, 1.165) is 5.56 Å². The van der Waals surface area contributed by atoms with E-state index in [0.29, 0.717) is 16.3 Å². The Morgan fingerprint density at radius 3 is 2.59 bits per heavy atom. The van der Waals surface area contributed by atoms with E-state index in [4.69, 9.17) is 16.3 Å². The number of ether oxygens (including phenoxy) is 1. The number of hydrogen-bond acceptors (Lipinski definition) is 4. The van der Waals surface area contributed by atoms with E-state index >= 15 is 0 Å². The fourth-order valence-electron chi connectivity index (χ4n) is 3.39. The number of halogens is 1. The van der Waals surface area contributed by atoms with Gasteiger partial charge in [-0.25, -0.2) is 0 Å². The number of benzene rings is 2. The summed E-state index contributed by atoms with van der Waals surface area (Å²) in [6.45, 7) is 3.52. The molecule has 0 spiro atoms. The molecule has 2 amide bonds.